The third kappa shape index (κ3) is 9.99. The second-order valence-electron chi connectivity index (χ2n) is 16.6. The molecular weight excluding hydrogens is 849 g/mol. The molecule has 0 radical (unpaired) electrons. The molecule has 5 heterocycles. The van der Waals surface area contributed by atoms with Crippen LogP contribution >= 0.6 is 0 Å². The van der Waals surface area contributed by atoms with E-state index in [2.05, 4.69) is 16.0 Å². The molecule has 66 heavy (non-hydrogen) atoms. The van der Waals surface area contributed by atoms with Gasteiger partial charge in [-0.15, -0.1) is 0 Å². The average molecular weight is 903 g/mol. The van der Waals surface area contributed by atoms with Gasteiger partial charge in [0.2, 0.25) is 5.91 Å². The number of hydrogen-bond acceptors (Lipinski definition) is 10. The number of amides is 5. The highest BCUT2D eigenvalue weighted by Gasteiger charge is 2.46. The second kappa shape index (κ2) is 19.8. The lowest BCUT2D eigenvalue weighted by molar-refractivity contribution is -0.198. The molecule has 0 saturated carbocycles. The molecule has 3 aliphatic heterocycles. The van der Waals surface area contributed by atoms with Crippen LogP contribution < -0.4 is 36.1 Å². The van der Waals surface area contributed by atoms with Gasteiger partial charge in [-0.25, -0.2) is 9.69 Å². The van der Waals surface area contributed by atoms with Crippen LogP contribution in [0.25, 0.3) is 11.1 Å². The van der Waals surface area contributed by atoms with E-state index >= 15 is 0 Å². The summed E-state index contributed by atoms with van der Waals surface area (Å²) in [5.74, 6) is -0.811. The van der Waals surface area contributed by atoms with Crippen molar-refractivity contribution in [2.75, 3.05) is 53.5 Å². The predicted octanol–water partition coefficient (Wildman–Crippen LogP) is 7.29. The van der Waals surface area contributed by atoms with Gasteiger partial charge in [0.1, 0.15) is 11.4 Å². The van der Waals surface area contributed by atoms with Crippen molar-refractivity contribution in [3.63, 3.8) is 0 Å². The van der Waals surface area contributed by atoms with E-state index in [4.69, 9.17) is 24.7 Å². The second-order valence-corrected chi connectivity index (χ2v) is 16.6. The first-order valence-corrected chi connectivity index (χ1v) is 22.0. The van der Waals surface area contributed by atoms with E-state index in [-0.39, 0.29) is 65.8 Å². The summed E-state index contributed by atoms with van der Waals surface area (Å²) in [6, 6.07) is 20.0. The zero-order chi connectivity index (χ0) is 46.5. The molecule has 8 rings (SSSR count). The quantitative estimate of drug-likeness (QED) is 0.0550. The minimum atomic E-state index is -1.28. The molecule has 2 saturated heterocycles. The number of rotatable bonds is 14. The van der Waals surface area contributed by atoms with E-state index in [9.17, 15) is 29.1 Å². The zero-order valence-corrected chi connectivity index (χ0v) is 37.1. The van der Waals surface area contributed by atoms with Crippen molar-refractivity contribution in [2.45, 2.75) is 69.9 Å². The molecule has 5 amide bonds. The van der Waals surface area contributed by atoms with Gasteiger partial charge in [-0.3, -0.25) is 19.2 Å². The van der Waals surface area contributed by atoms with Gasteiger partial charge in [0.05, 0.1) is 36.7 Å². The van der Waals surface area contributed by atoms with Gasteiger partial charge < -0.3 is 59.8 Å². The number of methoxy groups -OCH3 is 1. The SMILES string of the molecule is COc1cc2c(cc1OCCCC(=O)Nc1cc(C(=O)Nc3ccc(-c4cc(C(=O)Nc5ccc(N)cc5)n(C)c4)cc3)n(C)c1)N(C(=O)O)C(OC1CCCCO1)[C@@H]1CCCCN1C2=O. The molecule has 18 nitrogen and oxygen atoms in total. The number of ether oxygens (including phenoxy) is 4. The van der Waals surface area contributed by atoms with Gasteiger partial charge in [-0.05, 0) is 105 Å². The summed E-state index contributed by atoms with van der Waals surface area (Å²) in [6.07, 6.45) is 5.55. The fourth-order valence-electron chi connectivity index (χ4n) is 8.65. The molecule has 0 spiro atoms. The molecule has 5 aromatic rings. The number of nitrogens with zero attached hydrogens (tertiary/aromatic N) is 4. The number of nitrogen functional groups attached to an aromatic ring is 1. The van der Waals surface area contributed by atoms with Gasteiger partial charge in [-0.2, -0.15) is 0 Å². The topological polar surface area (TPSA) is 221 Å². The van der Waals surface area contributed by atoms with Crippen LogP contribution in [0.1, 0.15) is 82.7 Å². The molecule has 2 fully saturated rings. The summed E-state index contributed by atoms with van der Waals surface area (Å²) in [6.45, 7) is 1.05. The lowest BCUT2D eigenvalue weighted by Gasteiger charge is -2.42. The number of aryl methyl sites for hydroxylation is 2. The fraction of sp³-hybridized carbons (Fsp3) is 0.354. The van der Waals surface area contributed by atoms with Crippen molar-refractivity contribution in [1.82, 2.24) is 14.0 Å². The van der Waals surface area contributed by atoms with Crippen LogP contribution in [0.2, 0.25) is 0 Å². The van der Waals surface area contributed by atoms with E-state index in [0.717, 1.165) is 41.7 Å². The molecule has 346 valence electrons. The number of carbonyl (C=O) groups is 5. The first kappa shape index (κ1) is 45.3. The van der Waals surface area contributed by atoms with Crippen LogP contribution in [0.4, 0.5) is 33.2 Å². The van der Waals surface area contributed by atoms with Gasteiger partial charge in [-0.1, -0.05) is 12.1 Å². The molecule has 0 bridgehead atoms. The molecule has 2 unspecified atom stereocenters. The van der Waals surface area contributed by atoms with Gasteiger partial charge in [0, 0.05) is 74.8 Å². The van der Waals surface area contributed by atoms with Crippen molar-refractivity contribution in [2.24, 2.45) is 14.1 Å². The third-order valence-electron chi connectivity index (χ3n) is 12.0. The first-order chi connectivity index (χ1) is 31.9. The number of hydrogen-bond donors (Lipinski definition) is 5. The van der Waals surface area contributed by atoms with E-state index in [1.807, 2.05) is 18.3 Å². The maximum atomic E-state index is 14.1. The Hall–Kier alpha value is -7.31. The molecule has 3 aromatic carbocycles. The molecule has 0 aliphatic carbocycles. The van der Waals surface area contributed by atoms with Crippen molar-refractivity contribution < 1.29 is 48.0 Å². The zero-order valence-electron chi connectivity index (χ0n) is 37.1. The molecule has 3 aliphatic rings. The van der Waals surface area contributed by atoms with Crippen LogP contribution in [0.5, 0.6) is 11.5 Å². The summed E-state index contributed by atoms with van der Waals surface area (Å²) in [4.78, 5) is 69.3. The summed E-state index contributed by atoms with van der Waals surface area (Å²) in [5, 5.41) is 19.3. The molecular formula is C48H54N8O10. The highest BCUT2D eigenvalue weighted by molar-refractivity contribution is 6.07. The predicted molar refractivity (Wildman–Crippen MR) is 247 cm³/mol. The number of nitrogens with one attached hydrogen (secondary N) is 3. The molecule has 2 aromatic heterocycles. The standard InChI is InChI=1S/C48H54N8O10/c1-53-27-30(23-38(53)44(58)52-33-18-14-31(49)15-19-33)29-12-16-32(17-13-29)51-45(59)39-24-34(28-54(39)2)50-42(57)10-8-22-64-41-26-37-35(25-40(41)63-3)46(60)55-20-6-4-9-36(55)47(56(37)48(61)62)66-43-11-5-7-21-65-43/h12-19,23-28,36,43,47H,4-11,20-22,49H2,1-3H3,(H,50,57)(H,51,59)(H,52,58)(H,61,62)/t36-,43?,47?/m0/s1. The number of piperidine rings is 1. The van der Waals surface area contributed by atoms with Crippen molar-refractivity contribution in [3.8, 4) is 22.6 Å². The summed E-state index contributed by atoms with van der Waals surface area (Å²) in [7, 11) is 4.94. The Morgan fingerprint density at radius 1 is 0.788 bits per heavy atom. The third-order valence-corrected chi connectivity index (χ3v) is 12.0. The monoisotopic (exact) mass is 902 g/mol. The molecule has 6 N–H and O–H groups in total. The van der Waals surface area contributed by atoms with E-state index in [1.165, 1.54) is 19.2 Å². The Morgan fingerprint density at radius 2 is 1.47 bits per heavy atom. The number of carboxylic acid groups (broad SMARTS) is 1. The average Bonchev–Trinajstić information content (AvgIpc) is 3.87. The maximum absolute atomic E-state index is 14.1. The van der Waals surface area contributed by atoms with Crippen molar-refractivity contribution in [1.29, 1.82) is 0 Å². The Balaban J connectivity index is 0.863. The summed E-state index contributed by atoms with van der Waals surface area (Å²) in [5.41, 5.74) is 10.7. The Morgan fingerprint density at radius 3 is 2.15 bits per heavy atom. The number of fused-ring (bicyclic) bond motifs is 2. The Kier molecular flexibility index (Phi) is 13.6. The number of carbonyl (C=O) groups excluding carboxylic acids is 4. The van der Waals surface area contributed by atoms with Crippen LogP contribution in [0, 0.1) is 0 Å². The van der Waals surface area contributed by atoms with Crippen LogP contribution in [-0.4, -0.2) is 94.3 Å². The lowest BCUT2D eigenvalue weighted by Crippen LogP contribution is -2.57. The smallest absolute Gasteiger partial charge is 0.414 e. The normalized spacial score (nSPS) is 18.1. The van der Waals surface area contributed by atoms with Gasteiger partial charge in [0.25, 0.3) is 17.7 Å². The molecule has 18 heteroatoms. The van der Waals surface area contributed by atoms with Crippen molar-refractivity contribution >= 4 is 58.2 Å². The number of benzene rings is 3. The largest absolute Gasteiger partial charge is 0.493 e. The minimum absolute atomic E-state index is 0.0693. The van der Waals surface area contributed by atoms with Gasteiger partial charge >= 0.3 is 6.09 Å². The van der Waals surface area contributed by atoms with E-state index < -0.39 is 24.7 Å². The van der Waals surface area contributed by atoms with Crippen molar-refractivity contribution in [3.05, 3.63) is 102 Å². The molecule has 3 atom stereocenters. The highest BCUT2D eigenvalue weighted by Crippen LogP contribution is 2.42. The lowest BCUT2D eigenvalue weighted by atomic mass is 10.00. The van der Waals surface area contributed by atoms with E-state index in [0.29, 0.717) is 60.1 Å². The highest BCUT2D eigenvalue weighted by atomic mass is 16.7. The fourth-order valence-corrected chi connectivity index (χ4v) is 8.65. The number of nitrogens with two attached hydrogens (primary N) is 1. The Labute approximate surface area is 381 Å². The number of anilines is 5. The first-order valence-electron chi connectivity index (χ1n) is 22.0. The number of aromatic nitrogens is 2. The van der Waals surface area contributed by atoms with E-state index in [1.54, 1.807) is 82.9 Å². The van der Waals surface area contributed by atoms with Crippen LogP contribution in [-0.2, 0) is 28.4 Å². The summed E-state index contributed by atoms with van der Waals surface area (Å²) < 4.78 is 27.3. The van der Waals surface area contributed by atoms with Gasteiger partial charge in [0.15, 0.2) is 24.0 Å². The van der Waals surface area contributed by atoms with Crippen LogP contribution in [0.3, 0.4) is 0 Å². The Bertz CT molecular complexity index is 2600. The summed E-state index contributed by atoms with van der Waals surface area (Å²) >= 11 is 0. The van der Waals surface area contributed by atoms with Crippen LogP contribution in [0.15, 0.2) is 85.2 Å². The minimum Gasteiger partial charge on any atom is -0.493 e. The maximum Gasteiger partial charge on any atom is 0.414 e.